The van der Waals surface area contributed by atoms with Gasteiger partial charge in [0.1, 0.15) is 5.75 Å². The third-order valence-corrected chi connectivity index (χ3v) is 4.16. The van der Waals surface area contributed by atoms with E-state index in [9.17, 15) is 9.59 Å². The minimum absolute atomic E-state index is 0.0480. The summed E-state index contributed by atoms with van der Waals surface area (Å²) in [6.45, 7) is 0. The van der Waals surface area contributed by atoms with Crippen LogP contribution in [0.15, 0.2) is 78.9 Å². The van der Waals surface area contributed by atoms with Gasteiger partial charge in [-0.15, -0.1) is 0 Å². The lowest BCUT2D eigenvalue weighted by atomic mass is 10.0. The van der Waals surface area contributed by atoms with E-state index in [0.29, 0.717) is 0 Å². The molecule has 0 aromatic heterocycles. The van der Waals surface area contributed by atoms with Crippen molar-refractivity contribution in [3.8, 4) is 16.9 Å². The van der Waals surface area contributed by atoms with Gasteiger partial charge in [-0.3, -0.25) is 4.79 Å². The summed E-state index contributed by atoms with van der Waals surface area (Å²) < 4.78 is 5.24. The van der Waals surface area contributed by atoms with Crippen LogP contribution >= 0.6 is 0 Å². The fourth-order valence-corrected chi connectivity index (χ4v) is 2.71. The fourth-order valence-electron chi connectivity index (χ4n) is 2.71. The molecule has 1 amide bonds. The molecule has 0 bridgehead atoms. The third-order valence-electron chi connectivity index (χ3n) is 4.16. The van der Waals surface area contributed by atoms with Gasteiger partial charge in [-0.2, -0.15) is 0 Å². The topological polar surface area (TPSA) is 75.6 Å². The molecule has 0 aliphatic carbocycles. The van der Waals surface area contributed by atoms with Gasteiger partial charge in [0.05, 0.1) is 18.4 Å². The first kappa shape index (κ1) is 18.9. The Bertz CT molecular complexity index is 1020. The van der Waals surface area contributed by atoms with Gasteiger partial charge in [-0.1, -0.05) is 48.5 Å². The first-order valence-electron chi connectivity index (χ1n) is 8.62. The van der Waals surface area contributed by atoms with Gasteiger partial charge < -0.3 is 15.2 Å². The second-order valence-electron chi connectivity index (χ2n) is 6.03. The lowest BCUT2D eigenvalue weighted by Crippen LogP contribution is -2.11. The molecule has 0 atom stereocenters. The van der Waals surface area contributed by atoms with Crippen LogP contribution in [0.2, 0.25) is 0 Å². The lowest BCUT2D eigenvalue weighted by Gasteiger charge is -2.06. The quantitative estimate of drug-likeness (QED) is 0.614. The van der Waals surface area contributed by atoms with Gasteiger partial charge in [-0.25, -0.2) is 4.79 Å². The molecule has 5 nitrogen and oxygen atoms in total. The fraction of sp³-hybridized carbons (Fsp3) is 0.0435. The largest absolute Gasteiger partial charge is 0.497 e. The molecule has 0 heterocycles. The summed E-state index contributed by atoms with van der Waals surface area (Å²) in [5.74, 6) is -0.696. The molecular formula is C23H19NO4. The predicted molar refractivity (Wildman–Crippen MR) is 109 cm³/mol. The maximum Gasteiger partial charge on any atom is 0.337 e. The van der Waals surface area contributed by atoms with Crippen molar-refractivity contribution >= 4 is 23.6 Å². The number of hydrogen-bond acceptors (Lipinski definition) is 3. The molecule has 0 aliphatic rings. The van der Waals surface area contributed by atoms with E-state index in [1.165, 1.54) is 12.1 Å². The number of aromatic carboxylic acids is 1. The van der Waals surface area contributed by atoms with Gasteiger partial charge in [0.15, 0.2) is 0 Å². The number of carboxylic acids is 1. The van der Waals surface area contributed by atoms with Crippen molar-refractivity contribution in [2.75, 3.05) is 12.4 Å². The Morgan fingerprint density at radius 1 is 0.929 bits per heavy atom. The minimum Gasteiger partial charge on any atom is -0.497 e. The van der Waals surface area contributed by atoms with Gasteiger partial charge in [0.25, 0.3) is 0 Å². The van der Waals surface area contributed by atoms with Crippen molar-refractivity contribution < 1.29 is 19.4 Å². The normalized spacial score (nSPS) is 10.6. The molecule has 0 saturated heterocycles. The standard InChI is InChI=1S/C23H19NO4/c1-28-19-6-4-5-18(15-19)17-12-9-16(10-13-17)11-14-22(25)24-21-8-3-2-7-20(21)23(26)27/h2-15H,1H3,(H,24,25)(H,26,27)/b14-11+. The molecule has 140 valence electrons. The van der Waals surface area contributed by atoms with E-state index in [1.807, 2.05) is 48.5 Å². The maximum absolute atomic E-state index is 12.1. The molecule has 2 N–H and O–H groups in total. The van der Waals surface area contributed by atoms with E-state index in [4.69, 9.17) is 9.84 Å². The number of carboxylic acid groups (broad SMARTS) is 1. The number of methoxy groups -OCH3 is 1. The van der Waals surface area contributed by atoms with E-state index in [-0.39, 0.29) is 11.3 Å². The molecule has 5 heteroatoms. The van der Waals surface area contributed by atoms with Crippen LogP contribution in [0, 0.1) is 0 Å². The van der Waals surface area contributed by atoms with Crippen LogP contribution in [-0.4, -0.2) is 24.1 Å². The zero-order valence-corrected chi connectivity index (χ0v) is 15.3. The number of benzene rings is 3. The summed E-state index contributed by atoms with van der Waals surface area (Å²) in [4.78, 5) is 23.3. The summed E-state index contributed by atoms with van der Waals surface area (Å²) in [6, 6.07) is 21.8. The van der Waals surface area contributed by atoms with Crippen molar-refractivity contribution in [2.45, 2.75) is 0 Å². The lowest BCUT2D eigenvalue weighted by molar-refractivity contribution is -0.111. The summed E-state index contributed by atoms with van der Waals surface area (Å²) in [7, 11) is 1.63. The number of carbonyl (C=O) groups excluding carboxylic acids is 1. The van der Waals surface area contributed by atoms with Gasteiger partial charge in [0.2, 0.25) is 5.91 Å². The number of nitrogens with one attached hydrogen (secondary N) is 1. The first-order valence-corrected chi connectivity index (χ1v) is 8.62. The third kappa shape index (κ3) is 4.65. The number of carbonyl (C=O) groups is 2. The highest BCUT2D eigenvalue weighted by Crippen LogP contribution is 2.24. The maximum atomic E-state index is 12.1. The average Bonchev–Trinajstić information content (AvgIpc) is 2.73. The van der Waals surface area contributed by atoms with Crippen LogP contribution in [0.3, 0.4) is 0 Å². The molecule has 3 aromatic rings. The second-order valence-corrected chi connectivity index (χ2v) is 6.03. The molecular weight excluding hydrogens is 354 g/mol. The van der Waals surface area contributed by atoms with Crippen molar-refractivity contribution in [1.29, 1.82) is 0 Å². The van der Waals surface area contributed by atoms with Crippen molar-refractivity contribution in [3.63, 3.8) is 0 Å². The average molecular weight is 373 g/mol. The van der Waals surface area contributed by atoms with Crippen LogP contribution in [0.25, 0.3) is 17.2 Å². The van der Waals surface area contributed by atoms with E-state index in [1.54, 1.807) is 31.4 Å². The Balaban J connectivity index is 1.69. The number of amides is 1. The van der Waals surface area contributed by atoms with Crippen LogP contribution in [0.5, 0.6) is 5.75 Å². The SMILES string of the molecule is COc1cccc(-c2ccc(/C=C/C(=O)Nc3ccccc3C(=O)O)cc2)c1. The molecule has 3 rings (SSSR count). The molecule has 28 heavy (non-hydrogen) atoms. The van der Waals surface area contributed by atoms with E-state index in [2.05, 4.69) is 5.32 Å². The van der Waals surface area contributed by atoms with Crippen LogP contribution in [-0.2, 0) is 4.79 Å². The van der Waals surface area contributed by atoms with E-state index in [0.717, 1.165) is 22.4 Å². The monoisotopic (exact) mass is 373 g/mol. The Morgan fingerprint density at radius 2 is 1.68 bits per heavy atom. The van der Waals surface area contributed by atoms with Crippen molar-refractivity contribution in [3.05, 3.63) is 90.0 Å². The van der Waals surface area contributed by atoms with E-state index < -0.39 is 11.9 Å². The second kappa shape index (κ2) is 8.68. The highest BCUT2D eigenvalue weighted by atomic mass is 16.5. The van der Waals surface area contributed by atoms with Gasteiger partial charge in [-0.05, 0) is 47.0 Å². The van der Waals surface area contributed by atoms with E-state index >= 15 is 0 Å². The molecule has 0 radical (unpaired) electrons. The minimum atomic E-state index is -1.09. The highest BCUT2D eigenvalue weighted by Gasteiger charge is 2.10. The summed E-state index contributed by atoms with van der Waals surface area (Å²) in [6.07, 6.45) is 3.05. The number of anilines is 1. The van der Waals surface area contributed by atoms with Crippen LogP contribution < -0.4 is 10.1 Å². The Morgan fingerprint density at radius 3 is 2.39 bits per heavy atom. The van der Waals surface area contributed by atoms with Gasteiger partial charge in [0, 0.05) is 6.08 Å². The summed E-state index contributed by atoms with van der Waals surface area (Å²) in [5.41, 5.74) is 3.24. The van der Waals surface area contributed by atoms with Crippen LogP contribution in [0.1, 0.15) is 15.9 Å². The van der Waals surface area contributed by atoms with Crippen molar-refractivity contribution in [2.24, 2.45) is 0 Å². The molecule has 3 aromatic carbocycles. The number of rotatable bonds is 6. The molecule has 0 saturated carbocycles. The molecule has 0 unspecified atom stereocenters. The summed E-state index contributed by atoms with van der Waals surface area (Å²) >= 11 is 0. The predicted octanol–water partition coefficient (Wildman–Crippen LogP) is 4.71. The summed E-state index contributed by atoms with van der Waals surface area (Å²) in [5, 5.41) is 11.8. The zero-order chi connectivity index (χ0) is 19.9. The Hall–Kier alpha value is -3.86. The molecule has 0 fully saturated rings. The Kier molecular flexibility index (Phi) is 5.87. The van der Waals surface area contributed by atoms with Crippen molar-refractivity contribution in [1.82, 2.24) is 0 Å². The number of hydrogen-bond donors (Lipinski definition) is 2. The molecule has 0 aliphatic heterocycles. The van der Waals surface area contributed by atoms with Crippen LogP contribution in [0.4, 0.5) is 5.69 Å². The molecule has 0 spiro atoms. The Labute approximate surface area is 162 Å². The van der Waals surface area contributed by atoms with Gasteiger partial charge >= 0.3 is 5.97 Å². The zero-order valence-electron chi connectivity index (χ0n) is 15.3. The number of ether oxygens (including phenoxy) is 1. The smallest absolute Gasteiger partial charge is 0.337 e. The highest BCUT2D eigenvalue weighted by molar-refractivity contribution is 6.06. The first-order chi connectivity index (χ1) is 13.6. The number of para-hydroxylation sites is 1.